The highest BCUT2D eigenvalue weighted by Crippen LogP contribution is 2.28. The predicted octanol–water partition coefficient (Wildman–Crippen LogP) is 1.22. The first kappa shape index (κ1) is 19.1. The molecule has 2 aliphatic rings. The van der Waals surface area contributed by atoms with Crippen LogP contribution in [0, 0.1) is 5.92 Å². The fourth-order valence-electron chi connectivity index (χ4n) is 3.69. The second kappa shape index (κ2) is 8.37. The zero-order valence-corrected chi connectivity index (χ0v) is 16.2. The minimum Gasteiger partial charge on any atom is -0.341 e. The number of hydrogen-bond donors (Lipinski definition) is 1. The monoisotopic (exact) mass is 378 g/mol. The molecule has 0 aromatic heterocycles. The molecule has 2 heterocycles. The van der Waals surface area contributed by atoms with E-state index in [2.05, 4.69) is 5.32 Å². The molecule has 0 radical (unpaired) electrons. The van der Waals surface area contributed by atoms with Gasteiger partial charge in [-0.05, 0) is 31.8 Å². The number of carbonyl (C=O) groups is 2. The second-order valence-corrected chi connectivity index (χ2v) is 7.79. The van der Waals surface area contributed by atoms with E-state index in [4.69, 9.17) is 11.6 Å². The van der Waals surface area contributed by atoms with Gasteiger partial charge in [-0.3, -0.25) is 9.59 Å². The Balaban J connectivity index is 1.70. The Morgan fingerprint density at radius 2 is 2.19 bits per heavy atom. The van der Waals surface area contributed by atoms with E-state index in [0.29, 0.717) is 37.6 Å². The number of nitrogens with zero attached hydrogens (tertiary/aromatic N) is 3. The van der Waals surface area contributed by atoms with Crippen molar-refractivity contribution in [2.24, 2.45) is 5.92 Å². The maximum absolute atomic E-state index is 13.2. The fourth-order valence-corrected chi connectivity index (χ4v) is 3.89. The fraction of sp³-hybridized carbons (Fsp3) is 0.579. The summed E-state index contributed by atoms with van der Waals surface area (Å²) in [7, 11) is 3.97. The number of likely N-dealkylation sites (N-methyl/N-ethyl adjacent to an activating group) is 1. The number of halogens is 1. The van der Waals surface area contributed by atoms with E-state index in [1.807, 2.05) is 53.1 Å². The average Bonchev–Trinajstić information content (AvgIpc) is 3.00. The number of likely N-dealkylation sites (tertiary alicyclic amines) is 1. The first-order valence-electron chi connectivity index (χ1n) is 9.15. The maximum Gasteiger partial charge on any atom is 0.228 e. The first-order valence-corrected chi connectivity index (χ1v) is 9.52. The van der Waals surface area contributed by atoms with Gasteiger partial charge in [-0.2, -0.15) is 0 Å². The van der Waals surface area contributed by atoms with Gasteiger partial charge in [-0.1, -0.05) is 23.7 Å². The van der Waals surface area contributed by atoms with Gasteiger partial charge in [-0.15, -0.1) is 0 Å². The number of rotatable bonds is 5. The summed E-state index contributed by atoms with van der Waals surface area (Å²) in [5.41, 5.74) is 1.03. The van der Waals surface area contributed by atoms with Crippen LogP contribution in [0.5, 0.6) is 0 Å². The molecular weight excluding hydrogens is 352 g/mol. The van der Waals surface area contributed by atoms with Gasteiger partial charge in [0.2, 0.25) is 11.8 Å². The van der Waals surface area contributed by atoms with E-state index in [1.165, 1.54) is 0 Å². The SMILES string of the molecule is CN(C)CCN1CC(C(=O)N2CCNCC2c2cccc(Cl)c2)CC1=O. The molecule has 6 nitrogen and oxygen atoms in total. The van der Waals surface area contributed by atoms with Crippen molar-refractivity contribution in [3.8, 4) is 0 Å². The molecular formula is C19H27ClN4O2. The summed E-state index contributed by atoms with van der Waals surface area (Å²) in [6, 6.07) is 7.64. The smallest absolute Gasteiger partial charge is 0.228 e. The lowest BCUT2D eigenvalue weighted by atomic mass is 9.99. The molecule has 26 heavy (non-hydrogen) atoms. The van der Waals surface area contributed by atoms with Gasteiger partial charge in [0.1, 0.15) is 0 Å². The number of amides is 2. The summed E-state index contributed by atoms with van der Waals surface area (Å²) >= 11 is 6.14. The van der Waals surface area contributed by atoms with Crippen molar-refractivity contribution in [1.29, 1.82) is 0 Å². The molecule has 1 aromatic carbocycles. The van der Waals surface area contributed by atoms with E-state index < -0.39 is 0 Å². The standard InChI is InChI=1S/C19H27ClN4O2/c1-22(2)8-9-23-13-15(11-18(23)25)19(26)24-7-6-21-12-17(24)14-4-3-5-16(20)10-14/h3-5,10,15,17,21H,6-9,11-13H2,1-2H3. The van der Waals surface area contributed by atoms with Crippen LogP contribution in [0.15, 0.2) is 24.3 Å². The number of nitrogens with one attached hydrogen (secondary N) is 1. The molecule has 0 aliphatic carbocycles. The summed E-state index contributed by atoms with van der Waals surface area (Å²) in [4.78, 5) is 31.3. The van der Waals surface area contributed by atoms with Gasteiger partial charge in [0.15, 0.2) is 0 Å². The summed E-state index contributed by atoms with van der Waals surface area (Å²) in [6.07, 6.45) is 0.318. The zero-order chi connectivity index (χ0) is 18.7. The molecule has 1 N–H and O–H groups in total. The number of piperazine rings is 1. The molecule has 0 saturated carbocycles. The van der Waals surface area contributed by atoms with Crippen molar-refractivity contribution in [3.63, 3.8) is 0 Å². The van der Waals surface area contributed by atoms with Crippen LogP contribution in [-0.4, -0.2) is 79.9 Å². The molecule has 142 valence electrons. The lowest BCUT2D eigenvalue weighted by Crippen LogP contribution is -2.50. The third kappa shape index (κ3) is 4.37. The van der Waals surface area contributed by atoms with E-state index in [-0.39, 0.29) is 23.8 Å². The molecule has 2 amide bonds. The second-order valence-electron chi connectivity index (χ2n) is 7.35. The van der Waals surface area contributed by atoms with Crippen LogP contribution in [0.2, 0.25) is 5.02 Å². The Morgan fingerprint density at radius 1 is 1.38 bits per heavy atom. The lowest BCUT2D eigenvalue weighted by Gasteiger charge is -2.38. The van der Waals surface area contributed by atoms with Crippen molar-refractivity contribution in [2.75, 3.05) is 53.4 Å². The zero-order valence-electron chi connectivity index (χ0n) is 15.4. The first-order chi connectivity index (χ1) is 12.5. The Labute approximate surface area is 160 Å². The van der Waals surface area contributed by atoms with E-state index in [9.17, 15) is 9.59 Å². The molecule has 0 bridgehead atoms. The van der Waals surface area contributed by atoms with Gasteiger partial charge >= 0.3 is 0 Å². The molecule has 3 rings (SSSR count). The van der Waals surface area contributed by atoms with Gasteiger partial charge in [0, 0.05) is 50.7 Å². The van der Waals surface area contributed by atoms with Crippen molar-refractivity contribution in [1.82, 2.24) is 20.0 Å². The van der Waals surface area contributed by atoms with E-state index in [1.54, 1.807) is 0 Å². The number of hydrogen-bond acceptors (Lipinski definition) is 4. The number of benzene rings is 1. The van der Waals surface area contributed by atoms with Crippen molar-refractivity contribution < 1.29 is 9.59 Å². The molecule has 2 atom stereocenters. The third-order valence-electron chi connectivity index (χ3n) is 5.14. The lowest BCUT2D eigenvalue weighted by molar-refractivity contribution is -0.139. The summed E-state index contributed by atoms with van der Waals surface area (Å²) < 4.78 is 0. The maximum atomic E-state index is 13.2. The predicted molar refractivity (Wildman–Crippen MR) is 102 cm³/mol. The topological polar surface area (TPSA) is 55.9 Å². The Bertz CT molecular complexity index is 667. The Kier molecular flexibility index (Phi) is 6.16. The van der Waals surface area contributed by atoms with Crippen LogP contribution in [0.3, 0.4) is 0 Å². The Morgan fingerprint density at radius 3 is 2.92 bits per heavy atom. The van der Waals surface area contributed by atoms with Gasteiger partial charge in [0.25, 0.3) is 0 Å². The van der Waals surface area contributed by atoms with Crippen molar-refractivity contribution in [3.05, 3.63) is 34.9 Å². The molecule has 1 aromatic rings. The van der Waals surface area contributed by atoms with Crippen LogP contribution >= 0.6 is 11.6 Å². The van der Waals surface area contributed by atoms with Gasteiger partial charge in [0.05, 0.1) is 12.0 Å². The minimum absolute atomic E-state index is 0.0409. The van der Waals surface area contributed by atoms with Crippen LogP contribution in [-0.2, 0) is 9.59 Å². The molecule has 0 spiro atoms. The van der Waals surface area contributed by atoms with E-state index in [0.717, 1.165) is 18.7 Å². The van der Waals surface area contributed by atoms with Crippen molar-refractivity contribution in [2.45, 2.75) is 12.5 Å². The molecule has 2 unspecified atom stereocenters. The largest absolute Gasteiger partial charge is 0.341 e. The minimum atomic E-state index is -0.246. The molecule has 2 aliphatic heterocycles. The molecule has 7 heteroatoms. The Hall–Kier alpha value is -1.63. The third-order valence-corrected chi connectivity index (χ3v) is 5.38. The highest BCUT2D eigenvalue weighted by atomic mass is 35.5. The van der Waals surface area contributed by atoms with Crippen LogP contribution < -0.4 is 5.32 Å². The van der Waals surface area contributed by atoms with Crippen LogP contribution in [0.4, 0.5) is 0 Å². The summed E-state index contributed by atoms with van der Waals surface area (Å²) in [5, 5.41) is 4.03. The van der Waals surface area contributed by atoms with E-state index >= 15 is 0 Å². The summed E-state index contributed by atoms with van der Waals surface area (Å²) in [5.74, 6) is -0.0822. The van der Waals surface area contributed by atoms with Crippen molar-refractivity contribution >= 4 is 23.4 Å². The van der Waals surface area contributed by atoms with Gasteiger partial charge in [-0.25, -0.2) is 0 Å². The molecule has 2 saturated heterocycles. The van der Waals surface area contributed by atoms with Gasteiger partial charge < -0.3 is 20.0 Å². The average molecular weight is 379 g/mol. The highest BCUT2D eigenvalue weighted by Gasteiger charge is 2.39. The quantitative estimate of drug-likeness (QED) is 0.837. The van der Waals surface area contributed by atoms with Crippen LogP contribution in [0.25, 0.3) is 0 Å². The summed E-state index contributed by atoms with van der Waals surface area (Å²) in [6.45, 7) is 4.14. The molecule has 2 fully saturated rings. The van der Waals surface area contributed by atoms with Crippen LogP contribution in [0.1, 0.15) is 18.0 Å². The number of carbonyl (C=O) groups excluding carboxylic acids is 2. The highest BCUT2D eigenvalue weighted by molar-refractivity contribution is 6.30. The normalized spacial score (nSPS) is 23.8.